The summed E-state index contributed by atoms with van der Waals surface area (Å²) in [5.74, 6) is -0.258. The monoisotopic (exact) mass is 383 g/mol. The van der Waals surface area contributed by atoms with Gasteiger partial charge in [0.2, 0.25) is 5.13 Å². The third kappa shape index (κ3) is 5.32. The summed E-state index contributed by atoms with van der Waals surface area (Å²) in [5.41, 5.74) is 0.106. The van der Waals surface area contributed by atoms with Gasteiger partial charge < -0.3 is 4.74 Å². The molecule has 0 spiro atoms. The Morgan fingerprint density at radius 3 is 2.68 bits per heavy atom. The van der Waals surface area contributed by atoms with Crippen LogP contribution >= 0.6 is 11.3 Å². The molecule has 2 rings (SSSR count). The molecule has 1 amide bonds. The van der Waals surface area contributed by atoms with Crippen LogP contribution in [0.25, 0.3) is 0 Å². The van der Waals surface area contributed by atoms with E-state index in [-0.39, 0.29) is 22.1 Å². The summed E-state index contributed by atoms with van der Waals surface area (Å²) in [6.45, 7) is 4.22. The van der Waals surface area contributed by atoms with Crippen LogP contribution in [0.15, 0.2) is 29.2 Å². The van der Waals surface area contributed by atoms with E-state index in [1.165, 1.54) is 30.6 Å². The fourth-order valence-electron chi connectivity index (χ4n) is 2.08. The number of methoxy groups -OCH3 is 1. The first-order chi connectivity index (χ1) is 11.8. The third-order valence-electron chi connectivity index (χ3n) is 3.39. The minimum Gasteiger partial charge on any atom is -0.377 e. The van der Waals surface area contributed by atoms with Crippen LogP contribution in [-0.4, -0.2) is 37.4 Å². The van der Waals surface area contributed by atoms with Gasteiger partial charge >= 0.3 is 0 Å². The van der Waals surface area contributed by atoms with E-state index in [2.05, 4.69) is 15.5 Å². The van der Waals surface area contributed by atoms with E-state index >= 15 is 0 Å². The quantitative estimate of drug-likeness (QED) is 0.753. The first-order valence-electron chi connectivity index (χ1n) is 7.78. The summed E-state index contributed by atoms with van der Waals surface area (Å²) >= 11 is 1.18. The zero-order chi connectivity index (χ0) is 18.4. The Hall–Kier alpha value is -1.84. The molecule has 1 heterocycles. The maximum Gasteiger partial charge on any atom is 0.258 e. The average Bonchev–Trinajstić information content (AvgIpc) is 3.00. The predicted octanol–water partition coefficient (Wildman–Crippen LogP) is 2.76. The van der Waals surface area contributed by atoms with Gasteiger partial charge in [-0.3, -0.25) is 10.1 Å². The lowest BCUT2D eigenvalue weighted by molar-refractivity contribution is 0.102. The second kappa shape index (κ2) is 8.50. The lowest BCUT2D eigenvalue weighted by Gasteiger charge is -2.11. The van der Waals surface area contributed by atoms with E-state index in [9.17, 15) is 13.2 Å². The zero-order valence-electron chi connectivity index (χ0n) is 14.4. The van der Waals surface area contributed by atoms with E-state index < -0.39 is 15.7 Å². The van der Waals surface area contributed by atoms with E-state index in [4.69, 9.17) is 4.74 Å². The van der Waals surface area contributed by atoms with Gasteiger partial charge in [0.1, 0.15) is 11.6 Å². The highest BCUT2D eigenvalue weighted by Gasteiger charge is 2.23. The number of rotatable bonds is 8. The van der Waals surface area contributed by atoms with Crippen molar-refractivity contribution in [3.05, 3.63) is 34.8 Å². The van der Waals surface area contributed by atoms with Gasteiger partial charge in [0, 0.05) is 7.11 Å². The van der Waals surface area contributed by atoms with Gasteiger partial charge in [0.15, 0.2) is 9.84 Å². The second-order valence-corrected chi connectivity index (χ2v) is 9.03. The number of carbonyl (C=O) groups excluding carboxylic acids is 1. The zero-order valence-corrected chi connectivity index (χ0v) is 16.0. The number of carbonyl (C=O) groups is 1. The molecule has 0 atom stereocenters. The van der Waals surface area contributed by atoms with Gasteiger partial charge in [0.05, 0.1) is 16.2 Å². The number of anilines is 1. The largest absolute Gasteiger partial charge is 0.377 e. The molecule has 0 aliphatic rings. The maximum atomic E-state index is 12.6. The van der Waals surface area contributed by atoms with Crippen LogP contribution in [0.3, 0.4) is 0 Å². The van der Waals surface area contributed by atoms with Crippen molar-refractivity contribution in [3.63, 3.8) is 0 Å². The van der Waals surface area contributed by atoms with Crippen molar-refractivity contribution in [2.45, 2.75) is 31.8 Å². The summed E-state index contributed by atoms with van der Waals surface area (Å²) in [6, 6.07) is 6.20. The summed E-state index contributed by atoms with van der Waals surface area (Å²) < 4.78 is 30.1. The smallest absolute Gasteiger partial charge is 0.258 e. The molecule has 0 unspecified atom stereocenters. The van der Waals surface area contributed by atoms with Gasteiger partial charge in [-0.1, -0.05) is 37.3 Å². The van der Waals surface area contributed by atoms with Crippen molar-refractivity contribution in [2.75, 3.05) is 18.2 Å². The third-order valence-corrected chi connectivity index (χ3v) is 6.00. The fraction of sp³-hybridized carbons (Fsp3) is 0.438. The fourth-order valence-corrected chi connectivity index (χ4v) is 4.57. The minimum absolute atomic E-state index is 0.00571. The highest BCUT2D eigenvalue weighted by molar-refractivity contribution is 7.91. The van der Waals surface area contributed by atoms with E-state index in [0.29, 0.717) is 23.2 Å². The summed E-state index contributed by atoms with van der Waals surface area (Å²) in [6.07, 6.45) is 0.537. The number of hydrogen-bond acceptors (Lipinski definition) is 7. The topological polar surface area (TPSA) is 98.2 Å². The van der Waals surface area contributed by atoms with Gasteiger partial charge in [-0.05, 0) is 24.5 Å². The molecule has 0 radical (unpaired) electrons. The predicted molar refractivity (Wildman–Crippen MR) is 96.5 cm³/mol. The summed E-state index contributed by atoms with van der Waals surface area (Å²) in [4.78, 5) is 12.6. The molecule has 9 heteroatoms. The van der Waals surface area contributed by atoms with Gasteiger partial charge in [-0.15, -0.1) is 10.2 Å². The van der Waals surface area contributed by atoms with E-state index in [1.807, 2.05) is 13.8 Å². The Morgan fingerprint density at radius 1 is 1.28 bits per heavy atom. The summed E-state index contributed by atoms with van der Waals surface area (Å²) in [7, 11) is -2.00. The Kier molecular flexibility index (Phi) is 6.63. The number of benzene rings is 1. The van der Waals surface area contributed by atoms with Crippen LogP contribution in [-0.2, 0) is 21.2 Å². The molecular weight excluding hydrogens is 362 g/mol. The standard InChI is InChI=1S/C16H21N3O4S2/c1-11(2)8-9-25(21,22)13-7-5-4-6-12(13)15(20)17-16-19-18-14(24-16)10-23-3/h4-7,11H,8-10H2,1-3H3,(H,17,19,20). The number of hydrogen-bond donors (Lipinski definition) is 1. The molecule has 0 bridgehead atoms. The molecule has 25 heavy (non-hydrogen) atoms. The number of ether oxygens (including phenoxy) is 1. The summed E-state index contributed by atoms with van der Waals surface area (Å²) in [5, 5.41) is 11.3. The van der Waals surface area contributed by atoms with Crippen molar-refractivity contribution < 1.29 is 17.9 Å². The van der Waals surface area contributed by atoms with E-state index in [0.717, 1.165) is 0 Å². The first-order valence-corrected chi connectivity index (χ1v) is 10.2. The highest BCUT2D eigenvalue weighted by Crippen LogP contribution is 2.22. The molecule has 1 aromatic heterocycles. The Balaban J connectivity index is 2.22. The molecule has 0 saturated carbocycles. The lowest BCUT2D eigenvalue weighted by Crippen LogP contribution is -2.18. The normalized spacial score (nSPS) is 11.7. The molecule has 0 aliphatic carbocycles. The molecule has 1 N–H and O–H groups in total. The van der Waals surface area contributed by atoms with Crippen molar-refractivity contribution in [2.24, 2.45) is 5.92 Å². The van der Waals surface area contributed by atoms with Crippen molar-refractivity contribution in [1.29, 1.82) is 0 Å². The van der Waals surface area contributed by atoms with Crippen molar-refractivity contribution in [3.8, 4) is 0 Å². The second-order valence-electron chi connectivity index (χ2n) is 5.89. The minimum atomic E-state index is -3.54. The van der Waals surface area contributed by atoms with Crippen LogP contribution in [0.5, 0.6) is 0 Å². The van der Waals surface area contributed by atoms with Crippen molar-refractivity contribution >= 4 is 32.2 Å². The van der Waals surface area contributed by atoms with Crippen molar-refractivity contribution in [1.82, 2.24) is 10.2 Å². The van der Waals surface area contributed by atoms with E-state index in [1.54, 1.807) is 12.1 Å². The molecule has 1 aromatic carbocycles. The molecule has 0 saturated heterocycles. The molecule has 2 aromatic rings. The molecule has 136 valence electrons. The lowest BCUT2D eigenvalue weighted by atomic mass is 10.2. The number of amides is 1. The number of nitrogens with zero attached hydrogens (tertiary/aromatic N) is 2. The number of aromatic nitrogens is 2. The Morgan fingerprint density at radius 2 is 2.00 bits per heavy atom. The maximum absolute atomic E-state index is 12.6. The highest BCUT2D eigenvalue weighted by atomic mass is 32.2. The molecular formula is C16H21N3O4S2. The SMILES string of the molecule is COCc1nnc(NC(=O)c2ccccc2S(=O)(=O)CCC(C)C)s1. The van der Waals surface area contributed by atoms with Gasteiger partial charge in [-0.2, -0.15) is 0 Å². The van der Waals surface area contributed by atoms with Crippen LogP contribution in [0.4, 0.5) is 5.13 Å². The Labute approximate surface area is 151 Å². The number of nitrogens with one attached hydrogen (secondary N) is 1. The molecule has 0 aliphatic heterocycles. The number of sulfone groups is 1. The van der Waals surface area contributed by atoms with Crippen LogP contribution < -0.4 is 5.32 Å². The molecule has 7 nitrogen and oxygen atoms in total. The first kappa shape index (κ1) is 19.5. The van der Waals surface area contributed by atoms with Gasteiger partial charge in [0.25, 0.3) is 5.91 Å². The average molecular weight is 383 g/mol. The van der Waals surface area contributed by atoms with Crippen LogP contribution in [0, 0.1) is 5.92 Å². The molecule has 0 fully saturated rings. The Bertz CT molecular complexity index is 831. The van der Waals surface area contributed by atoms with Crippen LogP contribution in [0.2, 0.25) is 0 Å². The van der Waals surface area contributed by atoms with Crippen LogP contribution in [0.1, 0.15) is 35.6 Å². The van der Waals surface area contributed by atoms with Gasteiger partial charge in [-0.25, -0.2) is 8.42 Å².